The fourth-order valence-corrected chi connectivity index (χ4v) is 5.04. The first-order chi connectivity index (χ1) is 14.5. The van der Waals surface area contributed by atoms with Gasteiger partial charge in [0.25, 0.3) is 5.56 Å². The van der Waals surface area contributed by atoms with Crippen LogP contribution in [-0.2, 0) is 13.0 Å². The molecule has 4 nitrogen and oxygen atoms in total. The Labute approximate surface area is 188 Å². The highest BCUT2D eigenvalue weighted by Gasteiger charge is 2.18. The molecule has 2 heterocycles. The number of ether oxygens (including phenoxy) is 1. The summed E-state index contributed by atoms with van der Waals surface area (Å²) >= 11 is 5.09. The molecular formula is C24H23BrN2O2S. The van der Waals surface area contributed by atoms with Crippen LogP contribution in [0.15, 0.2) is 58.1 Å². The number of thiophene rings is 1. The molecule has 2 aromatic heterocycles. The molecule has 0 spiro atoms. The predicted octanol–water partition coefficient (Wildman–Crippen LogP) is 6.15. The largest absolute Gasteiger partial charge is 0.492 e. The van der Waals surface area contributed by atoms with Crippen LogP contribution >= 0.6 is 27.3 Å². The molecule has 0 atom stereocenters. The van der Waals surface area contributed by atoms with E-state index >= 15 is 0 Å². The summed E-state index contributed by atoms with van der Waals surface area (Å²) < 4.78 is 8.57. The Morgan fingerprint density at radius 1 is 1.10 bits per heavy atom. The van der Waals surface area contributed by atoms with Gasteiger partial charge in [-0.15, -0.1) is 11.3 Å². The molecule has 0 saturated carbocycles. The maximum Gasteiger partial charge on any atom is 0.262 e. The molecule has 0 aliphatic carbocycles. The molecule has 0 radical (unpaired) electrons. The number of aromatic nitrogens is 2. The van der Waals surface area contributed by atoms with Crippen LogP contribution < -0.4 is 10.3 Å². The molecule has 0 bridgehead atoms. The zero-order valence-corrected chi connectivity index (χ0v) is 19.6. The quantitative estimate of drug-likeness (QED) is 0.331. The Morgan fingerprint density at radius 2 is 1.80 bits per heavy atom. The zero-order chi connectivity index (χ0) is 21.3. The van der Waals surface area contributed by atoms with Crippen LogP contribution in [0, 0.1) is 13.8 Å². The van der Waals surface area contributed by atoms with Crippen molar-refractivity contribution >= 4 is 37.5 Å². The van der Waals surface area contributed by atoms with E-state index < -0.39 is 0 Å². The van der Waals surface area contributed by atoms with Crippen LogP contribution in [-0.4, -0.2) is 16.2 Å². The van der Waals surface area contributed by atoms with Crippen LogP contribution in [0.2, 0.25) is 0 Å². The Morgan fingerprint density at radius 3 is 2.47 bits per heavy atom. The maximum atomic E-state index is 13.3. The molecule has 2 aromatic carbocycles. The van der Waals surface area contributed by atoms with E-state index in [0.717, 1.165) is 43.7 Å². The second kappa shape index (κ2) is 8.74. The van der Waals surface area contributed by atoms with Gasteiger partial charge >= 0.3 is 0 Å². The first-order valence-electron chi connectivity index (χ1n) is 9.94. The number of benzene rings is 2. The summed E-state index contributed by atoms with van der Waals surface area (Å²) in [5, 5.41) is 0.702. The molecule has 154 valence electrons. The van der Waals surface area contributed by atoms with E-state index in [0.29, 0.717) is 18.5 Å². The third-order valence-corrected chi connectivity index (χ3v) is 6.77. The standard InChI is InChI=1S/C24H23BrN2O2S/c1-4-20-21(17-5-7-18(25)8-6-17)22-23(30-20)26-14-27(24(22)28)9-10-29-19-12-15(2)11-16(3)13-19/h5-8,11-14H,4,9-10H2,1-3H3. The molecule has 0 aliphatic heterocycles. The lowest BCUT2D eigenvalue weighted by Crippen LogP contribution is -2.23. The highest BCUT2D eigenvalue weighted by molar-refractivity contribution is 9.10. The Bertz CT molecular complexity index is 1240. The van der Waals surface area contributed by atoms with Gasteiger partial charge in [0.1, 0.15) is 17.2 Å². The lowest BCUT2D eigenvalue weighted by atomic mass is 10.0. The van der Waals surface area contributed by atoms with Crippen molar-refractivity contribution in [1.82, 2.24) is 9.55 Å². The summed E-state index contributed by atoms with van der Waals surface area (Å²) in [5.74, 6) is 0.828. The van der Waals surface area contributed by atoms with Crippen molar-refractivity contribution in [2.75, 3.05) is 6.61 Å². The number of halogens is 1. The number of fused-ring (bicyclic) bond motifs is 1. The van der Waals surface area contributed by atoms with Gasteiger partial charge in [0.15, 0.2) is 0 Å². The fraction of sp³-hybridized carbons (Fsp3) is 0.250. The number of nitrogens with zero attached hydrogens (tertiary/aromatic N) is 2. The van der Waals surface area contributed by atoms with Crippen LogP contribution in [0.4, 0.5) is 0 Å². The molecule has 0 amide bonds. The third kappa shape index (κ3) is 4.20. The number of hydrogen-bond acceptors (Lipinski definition) is 4. The minimum atomic E-state index is -0.0158. The van der Waals surface area contributed by atoms with Gasteiger partial charge in [0.05, 0.1) is 18.3 Å². The normalized spacial score (nSPS) is 11.2. The Balaban J connectivity index is 1.67. The number of rotatable bonds is 6. The molecule has 0 saturated heterocycles. The van der Waals surface area contributed by atoms with Gasteiger partial charge in [0, 0.05) is 14.9 Å². The van der Waals surface area contributed by atoms with Crippen LogP contribution in [0.25, 0.3) is 21.3 Å². The summed E-state index contributed by atoms with van der Waals surface area (Å²) in [6.45, 7) is 7.07. The molecule has 30 heavy (non-hydrogen) atoms. The Kier molecular flexibility index (Phi) is 6.06. The van der Waals surface area contributed by atoms with Crippen molar-refractivity contribution < 1.29 is 4.74 Å². The SMILES string of the molecule is CCc1sc2ncn(CCOc3cc(C)cc(C)c3)c(=O)c2c1-c1ccc(Br)cc1. The maximum absolute atomic E-state index is 13.3. The lowest BCUT2D eigenvalue weighted by Gasteiger charge is -2.10. The van der Waals surface area contributed by atoms with Gasteiger partial charge in [-0.25, -0.2) is 4.98 Å². The van der Waals surface area contributed by atoms with Crippen molar-refractivity contribution in [3.8, 4) is 16.9 Å². The first kappa shape index (κ1) is 20.8. The molecular weight excluding hydrogens is 460 g/mol. The highest BCUT2D eigenvalue weighted by Crippen LogP contribution is 2.36. The van der Waals surface area contributed by atoms with Crippen molar-refractivity contribution in [3.05, 3.63) is 79.6 Å². The molecule has 0 N–H and O–H groups in total. The minimum absolute atomic E-state index is 0.0158. The second-order valence-corrected chi connectivity index (χ2v) is 9.36. The van der Waals surface area contributed by atoms with E-state index in [2.05, 4.69) is 33.9 Å². The summed E-state index contributed by atoms with van der Waals surface area (Å²) in [5.41, 5.74) is 4.36. The average molecular weight is 483 g/mol. The van der Waals surface area contributed by atoms with E-state index in [1.54, 1.807) is 22.2 Å². The van der Waals surface area contributed by atoms with E-state index in [1.807, 2.05) is 50.2 Å². The van der Waals surface area contributed by atoms with Crippen molar-refractivity contribution in [2.45, 2.75) is 33.7 Å². The number of aryl methyl sites for hydroxylation is 3. The average Bonchev–Trinajstić information content (AvgIpc) is 3.09. The van der Waals surface area contributed by atoms with Gasteiger partial charge in [-0.3, -0.25) is 9.36 Å². The van der Waals surface area contributed by atoms with Gasteiger partial charge < -0.3 is 4.74 Å². The van der Waals surface area contributed by atoms with Crippen LogP contribution in [0.1, 0.15) is 22.9 Å². The summed E-state index contributed by atoms with van der Waals surface area (Å²) in [6, 6.07) is 14.2. The first-order valence-corrected chi connectivity index (χ1v) is 11.5. The van der Waals surface area contributed by atoms with E-state index in [1.165, 1.54) is 4.88 Å². The third-order valence-electron chi connectivity index (χ3n) is 5.00. The second-order valence-electron chi connectivity index (χ2n) is 7.36. The molecule has 0 fully saturated rings. The molecule has 4 aromatic rings. The summed E-state index contributed by atoms with van der Waals surface area (Å²) in [7, 11) is 0. The smallest absolute Gasteiger partial charge is 0.262 e. The van der Waals surface area contributed by atoms with E-state index in [9.17, 15) is 4.79 Å². The molecule has 0 unspecified atom stereocenters. The van der Waals surface area contributed by atoms with Crippen LogP contribution in [0.3, 0.4) is 0 Å². The predicted molar refractivity (Wildman–Crippen MR) is 128 cm³/mol. The summed E-state index contributed by atoms with van der Waals surface area (Å²) in [4.78, 5) is 19.9. The Hall–Kier alpha value is -2.44. The zero-order valence-electron chi connectivity index (χ0n) is 17.2. The van der Waals surface area contributed by atoms with E-state index in [4.69, 9.17) is 4.74 Å². The van der Waals surface area contributed by atoms with Crippen molar-refractivity contribution in [2.24, 2.45) is 0 Å². The van der Waals surface area contributed by atoms with Crippen molar-refractivity contribution in [1.29, 1.82) is 0 Å². The molecule has 4 rings (SSSR count). The fourth-order valence-electron chi connectivity index (χ4n) is 3.68. The minimum Gasteiger partial charge on any atom is -0.492 e. The van der Waals surface area contributed by atoms with Gasteiger partial charge in [0.2, 0.25) is 0 Å². The number of hydrogen-bond donors (Lipinski definition) is 0. The van der Waals surface area contributed by atoms with Gasteiger partial charge in [-0.2, -0.15) is 0 Å². The van der Waals surface area contributed by atoms with Crippen molar-refractivity contribution in [3.63, 3.8) is 0 Å². The monoisotopic (exact) mass is 482 g/mol. The topological polar surface area (TPSA) is 44.1 Å². The van der Waals surface area contributed by atoms with Gasteiger partial charge in [-0.05, 0) is 61.2 Å². The lowest BCUT2D eigenvalue weighted by molar-refractivity contribution is 0.295. The highest BCUT2D eigenvalue weighted by atomic mass is 79.9. The molecule has 6 heteroatoms. The molecule has 0 aliphatic rings. The van der Waals surface area contributed by atoms with E-state index in [-0.39, 0.29) is 5.56 Å². The van der Waals surface area contributed by atoms with Crippen LogP contribution in [0.5, 0.6) is 5.75 Å². The van der Waals surface area contributed by atoms with Gasteiger partial charge in [-0.1, -0.05) is 41.1 Å². The summed E-state index contributed by atoms with van der Waals surface area (Å²) in [6.07, 6.45) is 2.50.